The van der Waals surface area contributed by atoms with Gasteiger partial charge in [-0.15, -0.1) is 0 Å². The summed E-state index contributed by atoms with van der Waals surface area (Å²) in [6.45, 7) is 5.13. The van der Waals surface area contributed by atoms with Crippen LogP contribution in [0, 0.1) is 0 Å². The Morgan fingerprint density at radius 3 is 1.12 bits per heavy atom. The zero-order valence-corrected chi connectivity index (χ0v) is 7.18. The fourth-order valence-corrected chi connectivity index (χ4v) is 0. The maximum absolute atomic E-state index is 8.64. The van der Waals surface area contributed by atoms with Gasteiger partial charge in [-0.05, 0) is 19.6 Å². The molecule has 0 heterocycles. The zero-order valence-electron chi connectivity index (χ0n) is 5.29. The van der Waals surface area contributed by atoms with Crippen molar-refractivity contribution >= 4 is 15.2 Å². The summed E-state index contributed by atoms with van der Waals surface area (Å²) in [7, 11) is -5.54. The Hall–Kier alpha value is 0.527. The predicted molar refractivity (Wildman–Crippen MR) is 36.9 cm³/mol. The molecule has 0 aromatic heterocycles. The Labute approximate surface area is 50.4 Å². The first-order valence-electron chi connectivity index (χ1n) is 2.32. The van der Waals surface area contributed by atoms with Gasteiger partial charge in [0.1, 0.15) is 0 Å². The van der Waals surface area contributed by atoms with Crippen molar-refractivity contribution in [1.82, 2.24) is 0 Å². The Bertz CT molecular complexity index is 69.5. The van der Waals surface area contributed by atoms with E-state index in [4.69, 9.17) is 14.7 Å². The minimum Gasteiger partial charge on any atom is -0.205 e. The maximum Gasteiger partial charge on any atom is 0.345 e. The summed E-state index contributed by atoms with van der Waals surface area (Å²) in [6, 6.07) is 0. The average molecular weight is 155 g/mol. The van der Waals surface area contributed by atoms with Crippen molar-refractivity contribution in [2.75, 3.05) is 0 Å². The van der Waals surface area contributed by atoms with Crippen LogP contribution in [0.3, 0.4) is 0 Å². The van der Waals surface area contributed by atoms with E-state index in [1.807, 2.05) is 0 Å². The molecular weight excluding hydrogens is 143 g/mol. The summed E-state index contributed by atoms with van der Waals surface area (Å²) in [5, 5.41) is 0. The van der Waals surface area contributed by atoms with Crippen LogP contribution in [0.2, 0.25) is 19.6 Å². The summed E-state index contributed by atoms with van der Waals surface area (Å²) < 4.78 is 0. The van der Waals surface area contributed by atoms with Crippen LogP contribution in [0.5, 0.6) is 0 Å². The van der Waals surface area contributed by atoms with Crippen LogP contribution < -0.4 is 0 Å². The Kier molecular flexibility index (Phi) is 2.18. The highest BCUT2D eigenvalue weighted by atomic mass is 31.5. The van der Waals surface area contributed by atoms with Gasteiger partial charge in [0.05, 0.1) is 0 Å². The summed E-state index contributed by atoms with van der Waals surface area (Å²) in [5.41, 5.74) is 0. The van der Waals surface area contributed by atoms with Crippen molar-refractivity contribution < 1.29 is 14.7 Å². The molecule has 0 unspecified atom stereocenters. The second-order valence-electron chi connectivity index (χ2n) is 2.74. The van der Waals surface area contributed by atoms with Crippen LogP contribution in [-0.2, 0) is 0 Å². The van der Waals surface area contributed by atoms with Crippen LogP contribution in [-0.4, -0.2) is 22.4 Å². The summed E-state index contributed by atoms with van der Waals surface area (Å²) in [5.74, 6) is 0. The van der Waals surface area contributed by atoms with Crippen LogP contribution >= 0.6 is 7.49 Å². The first-order chi connectivity index (χ1) is 3.25. The van der Waals surface area contributed by atoms with Gasteiger partial charge in [0.2, 0.25) is 0 Å². The fourth-order valence-electron chi connectivity index (χ4n) is 0. The van der Waals surface area contributed by atoms with Gasteiger partial charge in [-0.1, -0.05) is 0 Å². The van der Waals surface area contributed by atoms with E-state index in [1.54, 1.807) is 19.6 Å². The van der Waals surface area contributed by atoms with E-state index in [9.17, 15) is 0 Å². The molecule has 0 aliphatic carbocycles. The Morgan fingerprint density at radius 1 is 1.00 bits per heavy atom. The number of rotatable bonds is 1. The van der Waals surface area contributed by atoms with Gasteiger partial charge < -0.3 is 0 Å². The topological polar surface area (TPSA) is 60.7 Å². The molecule has 0 aliphatic rings. The first kappa shape index (κ1) is 8.53. The van der Waals surface area contributed by atoms with Crippen molar-refractivity contribution in [1.29, 1.82) is 0 Å². The highest BCUT2D eigenvalue weighted by molar-refractivity contribution is 7.96. The number of hydrogen-bond donors (Lipinski definition) is 3. The van der Waals surface area contributed by atoms with E-state index >= 15 is 0 Å². The molecule has 0 aromatic carbocycles. The lowest BCUT2D eigenvalue weighted by Gasteiger charge is -2.15. The van der Waals surface area contributed by atoms with Crippen molar-refractivity contribution in [3.8, 4) is 0 Å². The molecule has 0 spiro atoms. The van der Waals surface area contributed by atoms with E-state index in [0.717, 1.165) is 0 Å². The molecule has 3 N–H and O–H groups in total. The summed E-state index contributed by atoms with van der Waals surface area (Å²) >= 11 is 0. The summed E-state index contributed by atoms with van der Waals surface area (Å²) in [6.07, 6.45) is 0. The van der Waals surface area contributed by atoms with E-state index in [1.165, 1.54) is 0 Å². The minimum atomic E-state index is -3.46. The van der Waals surface area contributed by atoms with Gasteiger partial charge in [0, 0.05) is 0 Å². The third kappa shape index (κ3) is 2.20. The molecule has 0 saturated heterocycles. The van der Waals surface area contributed by atoms with Gasteiger partial charge >= 0.3 is 15.2 Å². The van der Waals surface area contributed by atoms with Crippen LogP contribution in [0.15, 0.2) is 0 Å². The highest BCUT2D eigenvalue weighted by Gasteiger charge is 2.49. The lowest BCUT2D eigenvalue weighted by atomic mass is 11.8. The van der Waals surface area contributed by atoms with Gasteiger partial charge in [-0.2, -0.15) is 0 Å². The second-order valence-corrected chi connectivity index (χ2v) is 14.0. The smallest absolute Gasteiger partial charge is 0.205 e. The van der Waals surface area contributed by atoms with Crippen LogP contribution in [0.25, 0.3) is 0 Å². The molecule has 0 fully saturated rings. The average Bonchev–Trinajstić information content (AvgIpc) is 1.25. The summed E-state index contributed by atoms with van der Waals surface area (Å²) in [4.78, 5) is 25.9. The molecule has 50 valence electrons. The molecule has 0 aliphatic heterocycles. The van der Waals surface area contributed by atoms with Crippen molar-refractivity contribution in [3.63, 3.8) is 0 Å². The Morgan fingerprint density at radius 2 is 1.12 bits per heavy atom. The molecule has 0 saturated carbocycles. The normalized spacial score (nSPS) is 14.2. The molecule has 0 aromatic rings. The molecule has 3 nitrogen and oxygen atoms in total. The van der Waals surface area contributed by atoms with Crippen molar-refractivity contribution in [2.24, 2.45) is 0 Å². The molecule has 0 rings (SSSR count). The Balaban J connectivity index is 4.02. The van der Waals surface area contributed by atoms with Gasteiger partial charge in [-0.25, -0.2) is 14.7 Å². The molecule has 0 atom stereocenters. The van der Waals surface area contributed by atoms with Crippen LogP contribution in [0.4, 0.5) is 0 Å². The van der Waals surface area contributed by atoms with Gasteiger partial charge in [-0.3, -0.25) is 0 Å². The van der Waals surface area contributed by atoms with E-state index in [-0.39, 0.29) is 0 Å². The van der Waals surface area contributed by atoms with Gasteiger partial charge in [0.15, 0.2) is 0 Å². The zero-order chi connectivity index (χ0) is 7.00. The van der Waals surface area contributed by atoms with E-state index in [2.05, 4.69) is 0 Å². The molecule has 0 amide bonds. The molecule has 0 radical (unpaired) electrons. The lowest BCUT2D eigenvalue weighted by molar-refractivity contribution is 0.352. The van der Waals surface area contributed by atoms with Crippen molar-refractivity contribution in [2.45, 2.75) is 19.6 Å². The molecule has 5 heteroatoms. The third-order valence-electron chi connectivity index (χ3n) is 0.900. The fraction of sp³-hybridized carbons (Fsp3) is 1.00. The monoisotopic (exact) mass is 155 g/mol. The maximum atomic E-state index is 8.64. The molecular formula is C3H12O3PSi+. The quantitative estimate of drug-likeness (QED) is 0.383. The second kappa shape index (κ2) is 2.04. The van der Waals surface area contributed by atoms with Crippen molar-refractivity contribution in [3.05, 3.63) is 0 Å². The van der Waals surface area contributed by atoms with Crippen LogP contribution in [0.1, 0.15) is 0 Å². The number of hydrogen-bond acceptors (Lipinski definition) is 3. The molecule has 0 bridgehead atoms. The lowest BCUT2D eigenvalue weighted by Crippen LogP contribution is -2.24. The van der Waals surface area contributed by atoms with E-state index in [0.29, 0.717) is 0 Å². The van der Waals surface area contributed by atoms with E-state index < -0.39 is 15.2 Å². The largest absolute Gasteiger partial charge is 0.345 e. The predicted octanol–water partition coefficient (Wildman–Crippen LogP) is 0.561. The SMILES string of the molecule is C[Si](C)(C)[P+](O)(O)O. The van der Waals surface area contributed by atoms with Gasteiger partial charge in [0.25, 0.3) is 0 Å². The minimum absolute atomic E-state index is 1.71. The standard InChI is InChI=1S/C3H12O3PSi/c1-8(2,3)7(4,5)6/h4-6H,1-3H3/q+1. The first-order valence-corrected chi connectivity index (χ1v) is 8.31. The molecule has 8 heavy (non-hydrogen) atoms. The highest BCUT2D eigenvalue weighted by Crippen LogP contribution is 2.54. The third-order valence-corrected chi connectivity index (χ3v) is 8.10.